The van der Waals surface area contributed by atoms with Gasteiger partial charge in [0.1, 0.15) is 13.2 Å². The molecule has 0 aliphatic carbocycles. The van der Waals surface area contributed by atoms with Crippen LogP contribution >= 0.6 is 0 Å². The minimum Gasteiger partial charge on any atom is -0.362 e. The van der Waals surface area contributed by atoms with Crippen LogP contribution < -0.4 is 0 Å². The number of nitrogens with zero attached hydrogens (tertiary/aromatic N) is 2. The Bertz CT molecular complexity index is 331. The fraction of sp³-hybridized carbons (Fsp3) is 0.375. The molecule has 6 nitrogen and oxygen atoms in total. The monoisotopic (exact) mass is 195 g/mol. The molecule has 2 amide bonds. The van der Waals surface area contributed by atoms with E-state index in [1.54, 1.807) is 6.20 Å². The number of rotatable bonds is 2. The number of imidazole rings is 1. The number of nitrogens with one attached hydrogen (secondary N) is 1. The van der Waals surface area contributed by atoms with Gasteiger partial charge in [-0.25, -0.2) is 4.98 Å². The molecule has 74 valence electrons. The van der Waals surface area contributed by atoms with E-state index in [-0.39, 0.29) is 31.6 Å². The molecule has 14 heavy (non-hydrogen) atoms. The molecule has 0 saturated carbocycles. The molecule has 1 aromatic heterocycles. The van der Waals surface area contributed by atoms with Crippen LogP contribution in [0, 0.1) is 0 Å². The first-order valence-electron chi connectivity index (χ1n) is 4.15. The van der Waals surface area contributed by atoms with E-state index in [0.29, 0.717) is 0 Å². The highest BCUT2D eigenvalue weighted by molar-refractivity contribution is 5.98. The van der Waals surface area contributed by atoms with Crippen LogP contribution in [0.2, 0.25) is 0 Å². The van der Waals surface area contributed by atoms with Crippen molar-refractivity contribution in [2.45, 2.75) is 6.54 Å². The lowest BCUT2D eigenvalue weighted by Gasteiger charge is -2.24. The van der Waals surface area contributed by atoms with Crippen LogP contribution in [0.25, 0.3) is 0 Å². The molecule has 1 fully saturated rings. The summed E-state index contributed by atoms with van der Waals surface area (Å²) in [5, 5.41) is 0. The van der Waals surface area contributed by atoms with Gasteiger partial charge < -0.3 is 9.72 Å². The largest absolute Gasteiger partial charge is 0.362 e. The smallest absolute Gasteiger partial charge is 0.255 e. The molecule has 0 spiro atoms. The van der Waals surface area contributed by atoms with Crippen molar-refractivity contribution >= 4 is 11.8 Å². The third-order valence-electron chi connectivity index (χ3n) is 1.94. The Morgan fingerprint density at radius 2 is 2.14 bits per heavy atom. The van der Waals surface area contributed by atoms with Crippen molar-refractivity contribution < 1.29 is 14.3 Å². The molecule has 1 aromatic rings. The molecule has 1 saturated heterocycles. The molecule has 1 N–H and O–H groups in total. The number of hydrogen-bond donors (Lipinski definition) is 1. The van der Waals surface area contributed by atoms with Crippen molar-refractivity contribution in [3.05, 3.63) is 18.2 Å². The van der Waals surface area contributed by atoms with E-state index in [0.717, 1.165) is 10.6 Å². The number of H-pyrrole nitrogens is 1. The quantitative estimate of drug-likeness (QED) is 0.633. The Labute approximate surface area is 79.9 Å². The van der Waals surface area contributed by atoms with Crippen LogP contribution in [-0.4, -0.2) is 39.9 Å². The number of carbonyl (C=O) groups is 2. The average Bonchev–Trinajstić information content (AvgIpc) is 2.64. The second kappa shape index (κ2) is 3.59. The Morgan fingerprint density at radius 3 is 2.71 bits per heavy atom. The van der Waals surface area contributed by atoms with Gasteiger partial charge >= 0.3 is 0 Å². The number of aromatic amines is 1. The van der Waals surface area contributed by atoms with Crippen LogP contribution in [0.15, 0.2) is 12.5 Å². The van der Waals surface area contributed by atoms with Crippen molar-refractivity contribution in [1.29, 1.82) is 0 Å². The summed E-state index contributed by atoms with van der Waals surface area (Å²) in [5.74, 6) is -0.619. The average molecular weight is 195 g/mol. The standard InChI is InChI=1S/C8H9N3O3/c12-7-3-14-4-8(13)11(7)2-6-1-9-5-10-6/h1,5H,2-4H2,(H,9,10). The predicted molar refractivity (Wildman–Crippen MR) is 45.0 cm³/mol. The zero-order valence-corrected chi connectivity index (χ0v) is 7.40. The topological polar surface area (TPSA) is 75.3 Å². The number of aromatic nitrogens is 2. The van der Waals surface area contributed by atoms with E-state index in [4.69, 9.17) is 4.74 Å². The summed E-state index contributed by atoms with van der Waals surface area (Å²) in [7, 11) is 0. The Morgan fingerprint density at radius 1 is 1.43 bits per heavy atom. The summed E-state index contributed by atoms with van der Waals surface area (Å²) in [6.45, 7) is 0.181. The Kier molecular flexibility index (Phi) is 2.28. The van der Waals surface area contributed by atoms with Gasteiger partial charge in [0.25, 0.3) is 11.8 Å². The maximum absolute atomic E-state index is 11.3. The number of hydrogen-bond acceptors (Lipinski definition) is 4. The molecule has 0 bridgehead atoms. The van der Waals surface area contributed by atoms with Gasteiger partial charge in [0.2, 0.25) is 0 Å². The lowest BCUT2D eigenvalue weighted by atomic mass is 10.3. The van der Waals surface area contributed by atoms with Crippen LogP contribution in [0.1, 0.15) is 5.69 Å². The fourth-order valence-corrected chi connectivity index (χ4v) is 1.24. The van der Waals surface area contributed by atoms with Crippen molar-refractivity contribution in [2.24, 2.45) is 0 Å². The van der Waals surface area contributed by atoms with Crippen molar-refractivity contribution in [3.8, 4) is 0 Å². The third kappa shape index (κ3) is 1.64. The van der Waals surface area contributed by atoms with Gasteiger partial charge in [-0.1, -0.05) is 0 Å². The van der Waals surface area contributed by atoms with E-state index in [1.807, 2.05) is 0 Å². The van der Waals surface area contributed by atoms with Gasteiger partial charge in [-0.3, -0.25) is 14.5 Å². The van der Waals surface area contributed by atoms with E-state index in [1.165, 1.54) is 6.33 Å². The van der Waals surface area contributed by atoms with Crippen molar-refractivity contribution in [1.82, 2.24) is 14.9 Å². The van der Waals surface area contributed by atoms with Gasteiger partial charge in [-0.2, -0.15) is 0 Å². The number of amides is 2. The van der Waals surface area contributed by atoms with E-state index in [9.17, 15) is 9.59 Å². The fourth-order valence-electron chi connectivity index (χ4n) is 1.24. The zero-order chi connectivity index (χ0) is 9.97. The van der Waals surface area contributed by atoms with E-state index < -0.39 is 0 Å². The van der Waals surface area contributed by atoms with Gasteiger partial charge in [0.15, 0.2) is 0 Å². The van der Waals surface area contributed by atoms with Crippen molar-refractivity contribution in [2.75, 3.05) is 13.2 Å². The second-order valence-electron chi connectivity index (χ2n) is 2.94. The summed E-state index contributed by atoms with van der Waals surface area (Å²) in [6, 6.07) is 0. The number of morpholine rings is 1. The molecule has 1 aliphatic rings. The van der Waals surface area contributed by atoms with E-state index in [2.05, 4.69) is 9.97 Å². The van der Waals surface area contributed by atoms with Gasteiger partial charge in [-0.05, 0) is 0 Å². The highest BCUT2D eigenvalue weighted by atomic mass is 16.5. The maximum Gasteiger partial charge on any atom is 0.255 e. The second-order valence-corrected chi connectivity index (χ2v) is 2.94. The van der Waals surface area contributed by atoms with Crippen LogP contribution in [0.5, 0.6) is 0 Å². The van der Waals surface area contributed by atoms with Crippen LogP contribution in [0.3, 0.4) is 0 Å². The maximum atomic E-state index is 11.3. The molecule has 1 aliphatic heterocycles. The number of carbonyl (C=O) groups excluding carboxylic acids is 2. The third-order valence-corrected chi connectivity index (χ3v) is 1.94. The molecule has 0 aromatic carbocycles. The summed E-state index contributed by atoms with van der Waals surface area (Å²) >= 11 is 0. The Balaban J connectivity index is 2.08. The molecule has 2 rings (SSSR count). The summed E-state index contributed by atoms with van der Waals surface area (Å²) in [4.78, 5) is 30.3. The first-order valence-corrected chi connectivity index (χ1v) is 4.15. The first-order chi connectivity index (χ1) is 6.77. The zero-order valence-electron chi connectivity index (χ0n) is 7.40. The number of ether oxygens (including phenoxy) is 1. The van der Waals surface area contributed by atoms with Gasteiger partial charge in [0.05, 0.1) is 18.6 Å². The minimum atomic E-state index is -0.309. The molecule has 0 radical (unpaired) electrons. The van der Waals surface area contributed by atoms with Crippen LogP contribution in [-0.2, 0) is 20.9 Å². The SMILES string of the molecule is O=C1COCC(=O)N1Cc1cnc[nH]1. The Hall–Kier alpha value is -1.69. The lowest BCUT2D eigenvalue weighted by molar-refractivity contribution is -0.159. The highest BCUT2D eigenvalue weighted by Crippen LogP contribution is 2.05. The first kappa shape index (κ1) is 8.89. The van der Waals surface area contributed by atoms with Gasteiger partial charge in [0, 0.05) is 6.20 Å². The minimum absolute atomic E-state index is 0.0279. The molecule has 2 heterocycles. The van der Waals surface area contributed by atoms with Crippen molar-refractivity contribution in [3.63, 3.8) is 0 Å². The number of imide groups is 1. The van der Waals surface area contributed by atoms with E-state index >= 15 is 0 Å². The predicted octanol–water partition coefficient (Wildman–Crippen LogP) is -0.705. The molecular formula is C8H9N3O3. The van der Waals surface area contributed by atoms with Gasteiger partial charge in [-0.15, -0.1) is 0 Å². The molecular weight excluding hydrogens is 186 g/mol. The lowest BCUT2D eigenvalue weighted by Crippen LogP contribution is -2.45. The van der Waals surface area contributed by atoms with Crippen LogP contribution in [0.4, 0.5) is 0 Å². The highest BCUT2D eigenvalue weighted by Gasteiger charge is 2.26. The summed E-state index contributed by atoms with van der Waals surface area (Å²) in [5.41, 5.74) is 0.730. The molecule has 0 unspecified atom stereocenters. The molecule has 0 atom stereocenters. The normalized spacial score (nSPS) is 17.6. The summed E-state index contributed by atoms with van der Waals surface area (Å²) in [6.07, 6.45) is 3.08. The summed E-state index contributed by atoms with van der Waals surface area (Å²) < 4.78 is 4.78. The molecule has 6 heteroatoms.